The van der Waals surface area contributed by atoms with Gasteiger partial charge in [-0.2, -0.15) is 4.31 Å². The maximum atomic E-state index is 13.2. The lowest BCUT2D eigenvalue weighted by Gasteiger charge is -2.34. The smallest absolute Gasteiger partial charge is 0.253 e. The van der Waals surface area contributed by atoms with E-state index in [9.17, 15) is 13.2 Å². The van der Waals surface area contributed by atoms with Crippen molar-refractivity contribution < 1.29 is 17.9 Å². The molecular formula is C23H38N2O4S. The van der Waals surface area contributed by atoms with Crippen LogP contribution in [0, 0.1) is 11.8 Å². The van der Waals surface area contributed by atoms with E-state index in [1.807, 2.05) is 18.7 Å². The number of carbonyl (C=O) groups excluding carboxylic acids is 1. The summed E-state index contributed by atoms with van der Waals surface area (Å²) in [5, 5.41) is 0. The van der Waals surface area contributed by atoms with Crippen molar-refractivity contribution in [2.75, 3.05) is 26.2 Å². The fraction of sp³-hybridized carbons (Fsp3) is 0.696. The van der Waals surface area contributed by atoms with Gasteiger partial charge in [0.05, 0.1) is 17.1 Å². The monoisotopic (exact) mass is 438 g/mol. The summed E-state index contributed by atoms with van der Waals surface area (Å²) in [7, 11) is -3.68. The average Bonchev–Trinajstić information content (AvgIpc) is 2.66. The largest absolute Gasteiger partial charge is 0.373 e. The van der Waals surface area contributed by atoms with Crippen LogP contribution in [-0.2, 0) is 14.8 Å². The molecule has 1 aromatic carbocycles. The van der Waals surface area contributed by atoms with Crippen LogP contribution in [0.3, 0.4) is 0 Å². The Hall–Kier alpha value is -1.44. The van der Waals surface area contributed by atoms with Gasteiger partial charge in [-0.25, -0.2) is 8.42 Å². The van der Waals surface area contributed by atoms with Gasteiger partial charge >= 0.3 is 0 Å². The van der Waals surface area contributed by atoms with Crippen molar-refractivity contribution in [3.63, 3.8) is 0 Å². The van der Waals surface area contributed by atoms with Gasteiger partial charge in [-0.1, -0.05) is 33.8 Å². The number of hydrogen-bond acceptors (Lipinski definition) is 4. The highest BCUT2D eigenvalue weighted by Gasteiger charge is 2.32. The SMILES string of the molecule is CC(C)CCN(CCC(C)C)C(=O)c1cccc(S(=O)(=O)N2CC(C)OC(C)C2)c1. The zero-order chi connectivity index (χ0) is 22.5. The maximum Gasteiger partial charge on any atom is 0.253 e. The Morgan fingerprint density at radius 2 is 1.60 bits per heavy atom. The molecule has 2 atom stereocenters. The molecule has 1 aliphatic heterocycles. The molecule has 2 unspecified atom stereocenters. The third kappa shape index (κ3) is 6.79. The van der Waals surface area contributed by atoms with Crippen molar-refractivity contribution in [1.29, 1.82) is 0 Å². The van der Waals surface area contributed by atoms with E-state index in [-0.39, 0.29) is 23.0 Å². The number of morpholine rings is 1. The zero-order valence-corrected chi connectivity index (χ0v) is 20.1. The third-order valence-corrected chi connectivity index (χ3v) is 7.17. The van der Waals surface area contributed by atoms with Crippen molar-refractivity contribution >= 4 is 15.9 Å². The number of ether oxygens (including phenoxy) is 1. The molecular weight excluding hydrogens is 400 g/mol. The molecule has 0 bridgehead atoms. The molecule has 1 heterocycles. The van der Waals surface area contributed by atoms with Gasteiger partial charge in [-0.3, -0.25) is 4.79 Å². The van der Waals surface area contributed by atoms with Crippen LogP contribution in [0.5, 0.6) is 0 Å². The molecule has 1 aliphatic rings. The number of hydrogen-bond donors (Lipinski definition) is 0. The topological polar surface area (TPSA) is 66.9 Å². The number of rotatable bonds is 9. The molecule has 0 aliphatic carbocycles. The molecule has 7 heteroatoms. The summed E-state index contributed by atoms with van der Waals surface area (Å²) in [5.41, 5.74) is 0.429. The summed E-state index contributed by atoms with van der Waals surface area (Å²) in [6, 6.07) is 6.48. The van der Waals surface area contributed by atoms with Gasteiger partial charge < -0.3 is 9.64 Å². The molecule has 0 radical (unpaired) electrons. The first kappa shape index (κ1) is 24.8. The first-order valence-corrected chi connectivity index (χ1v) is 12.5. The van der Waals surface area contributed by atoms with Crippen LogP contribution in [0.2, 0.25) is 0 Å². The van der Waals surface area contributed by atoms with Crippen molar-refractivity contribution in [3.8, 4) is 0 Å². The van der Waals surface area contributed by atoms with Crippen LogP contribution in [-0.4, -0.2) is 61.9 Å². The quantitative estimate of drug-likeness (QED) is 0.584. The summed E-state index contributed by atoms with van der Waals surface area (Å²) in [6.45, 7) is 14.3. The Morgan fingerprint density at radius 3 is 2.10 bits per heavy atom. The fourth-order valence-electron chi connectivity index (χ4n) is 3.59. The minimum absolute atomic E-state index is 0.0999. The van der Waals surface area contributed by atoms with E-state index in [0.717, 1.165) is 12.8 Å². The second-order valence-electron chi connectivity index (χ2n) is 9.26. The molecule has 0 aromatic heterocycles. The summed E-state index contributed by atoms with van der Waals surface area (Å²) in [6.07, 6.45) is 1.53. The van der Waals surface area contributed by atoms with Crippen LogP contribution >= 0.6 is 0 Å². The number of amides is 1. The highest BCUT2D eigenvalue weighted by atomic mass is 32.2. The standard InChI is InChI=1S/C23H38N2O4S/c1-17(2)10-12-24(13-11-18(3)4)23(26)21-8-7-9-22(14-21)30(27,28)25-15-19(5)29-20(6)16-25/h7-9,14,17-20H,10-13,15-16H2,1-6H3. The molecule has 2 rings (SSSR count). The Bertz CT molecular complexity index is 785. The number of benzene rings is 1. The Kier molecular flexibility index (Phi) is 8.88. The van der Waals surface area contributed by atoms with E-state index in [1.165, 1.54) is 10.4 Å². The van der Waals surface area contributed by atoms with Crippen molar-refractivity contribution in [2.24, 2.45) is 11.8 Å². The van der Waals surface area contributed by atoms with E-state index in [2.05, 4.69) is 27.7 Å². The summed E-state index contributed by atoms with van der Waals surface area (Å²) in [5.74, 6) is 0.893. The van der Waals surface area contributed by atoms with Gasteiger partial charge in [0.25, 0.3) is 5.91 Å². The predicted molar refractivity (Wildman–Crippen MR) is 120 cm³/mol. The lowest BCUT2D eigenvalue weighted by atomic mass is 10.1. The highest BCUT2D eigenvalue weighted by molar-refractivity contribution is 7.89. The van der Waals surface area contributed by atoms with E-state index in [4.69, 9.17) is 4.74 Å². The third-order valence-electron chi connectivity index (χ3n) is 5.34. The second-order valence-corrected chi connectivity index (χ2v) is 11.2. The van der Waals surface area contributed by atoms with Crippen molar-refractivity contribution in [2.45, 2.75) is 71.5 Å². The minimum atomic E-state index is -3.68. The Balaban J connectivity index is 2.25. The predicted octanol–water partition coefficient (Wildman–Crippen LogP) is 4.02. The highest BCUT2D eigenvalue weighted by Crippen LogP contribution is 2.23. The number of sulfonamides is 1. The second kappa shape index (κ2) is 10.7. The molecule has 0 saturated carbocycles. The molecule has 30 heavy (non-hydrogen) atoms. The molecule has 1 aromatic rings. The van der Waals surface area contributed by atoms with Gasteiger partial charge in [0.2, 0.25) is 10.0 Å². The van der Waals surface area contributed by atoms with E-state index in [0.29, 0.717) is 43.6 Å². The van der Waals surface area contributed by atoms with Crippen LogP contribution in [0.4, 0.5) is 0 Å². The zero-order valence-electron chi connectivity index (χ0n) is 19.3. The van der Waals surface area contributed by atoms with Gasteiger partial charge in [0, 0.05) is 31.7 Å². The van der Waals surface area contributed by atoms with Gasteiger partial charge in [-0.15, -0.1) is 0 Å². The van der Waals surface area contributed by atoms with Crippen LogP contribution < -0.4 is 0 Å². The molecule has 1 fully saturated rings. The van der Waals surface area contributed by atoms with Gasteiger partial charge in [0.15, 0.2) is 0 Å². The van der Waals surface area contributed by atoms with Crippen molar-refractivity contribution in [3.05, 3.63) is 29.8 Å². The van der Waals surface area contributed by atoms with Crippen LogP contribution in [0.15, 0.2) is 29.2 Å². The van der Waals surface area contributed by atoms with Crippen LogP contribution in [0.25, 0.3) is 0 Å². The molecule has 0 spiro atoms. The van der Waals surface area contributed by atoms with Gasteiger partial charge in [-0.05, 0) is 56.7 Å². The minimum Gasteiger partial charge on any atom is -0.373 e. The molecule has 170 valence electrons. The first-order chi connectivity index (χ1) is 14.0. The van der Waals surface area contributed by atoms with E-state index >= 15 is 0 Å². The summed E-state index contributed by atoms with van der Waals surface area (Å²) >= 11 is 0. The fourth-order valence-corrected chi connectivity index (χ4v) is 5.23. The average molecular weight is 439 g/mol. The molecule has 6 nitrogen and oxygen atoms in total. The lowest BCUT2D eigenvalue weighted by Crippen LogP contribution is -2.48. The van der Waals surface area contributed by atoms with Crippen molar-refractivity contribution in [1.82, 2.24) is 9.21 Å². The summed E-state index contributed by atoms with van der Waals surface area (Å²) < 4.78 is 33.5. The van der Waals surface area contributed by atoms with E-state index < -0.39 is 10.0 Å². The Labute approximate surface area is 182 Å². The number of nitrogens with zero attached hydrogens (tertiary/aromatic N) is 2. The lowest BCUT2D eigenvalue weighted by molar-refractivity contribution is -0.0440. The number of carbonyl (C=O) groups is 1. The maximum absolute atomic E-state index is 13.2. The summed E-state index contributed by atoms with van der Waals surface area (Å²) in [4.78, 5) is 15.3. The molecule has 1 saturated heterocycles. The Morgan fingerprint density at radius 1 is 1.07 bits per heavy atom. The molecule has 1 amide bonds. The molecule has 0 N–H and O–H groups in total. The first-order valence-electron chi connectivity index (χ1n) is 11.1. The van der Waals surface area contributed by atoms with Gasteiger partial charge in [0.1, 0.15) is 0 Å². The normalized spacial score (nSPS) is 20.7. The van der Waals surface area contributed by atoms with E-state index in [1.54, 1.807) is 18.2 Å². The van der Waals surface area contributed by atoms with Crippen LogP contribution in [0.1, 0.15) is 64.7 Å².